The Labute approximate surface area is 172 Å². The van der Waals surface area contributed by atoms with Gasteiger partial charge >= 0.3 is 0 Å². The monoisotopic (exact) mass is 401 g/mol. The highest BCUT2D eigenvalue weighted by Crippen LogP contribution is 2.24. The molecule has 1 aliphatic rings. The van der Waals surface area contributed by atoms with Gasteiger partial charge in [-0.25, -0.2) is 0 Å². The molecule has 1 aromatic carbocycles. The number of tetrazole rings is 1. The van der Waals surface area contributed by atoms with E-state index in [1.54, 1.807) is 4.90 Å². The summed E-state index contributed by atoms with van der Waals surface area (Å²) in [5.41, 5.74) is 2.18. The number of aryl methyl sites for hydroxylation is 2. The second-order valence-corrected chi connectivity index (χ2v) is 7.37. The van der Waals surface area contributed by atoms with Gasteiger partial charge in [0, 0.05) is 18.7 Å². The van der Waals surface area contributed by atoms with Crippen LogP contribution in [0.3, 0.4) is 0 Å². The van der Waals surface area contributed by atoms with Crippen molar-refractivity contribution in [3.8, 4) is 0 Å². The Bertz CT molecular complexity index is 720. The summed E-state index contributed by atoms with van der Waals surface area (Å²) in [4.78, 5) is 14.0. The summed E-state index contributed by atoms with van der Waals surface area (Å²) in [6.07, 6.45) is 8.32. The van der Waals surface area contributed by atoms with Crippen molar-refractivity contribution in [3.63, 3.8) is 0 Å². The standard InChI is InChI=1S/C21H31N5O3/c1-2-3-4-5-8-17-10-12-18(13-11-17)26-20(27)15-29-21(26)16-28-14-7-6-9-19-22-24-25-23-19/h10-13,21H,2-9,14-16H2,1H3,(H,22,23,24,25). The first-order valence-electron chi connectivity index (χ1n) is 10.6. The molecule has 1 saturated heterocycles. The SMILES string of the molecule is CCCCCCc1ccc(N2C(=O)COC2COCCCCc2nn[nH]n2)cc1. The molecule has 8 nitrogen and oxygen atoms in total. The molecule has 0 aliphatic carbocycles. The van der Waals surface area contributed by atoms with Crippen LogP contribution in [0.1, 0.15) is 56.8 Å². The molecular weight excluding hydrogens is 370 g/mol. The molecule has 8 heteroatoms. The highest BCUT2D eigenvalue weighted by Gasteiger charge is 2.33. The predicted molar refractivity (Wildman–Crippen MR) is 109 cm³/mol. The van der Waals surface area contributed by atoms with Crippen molar-refractivity contribution in [1.82, 2.24) is 20.6 Å². The van der Waals surface area contributed by atoms with Crippen LogP contribution >= 0.6 is 0 Å². The second kappa shape index (κ2) is 11.6. The normalized spacial score (nSPS) is 16.7. The molecule has 2 aromatic rings. The number of rotatable bonds is 13. The van der Waals surface area contributed by atoms with Crippen LogP contribution in [0.4, 0.5) is 5.69 Å². The van der Waals surface area contributed by atoms with Crippen molar-refractivity contribution in [2.45, 2.75) is 64.5 Å². The number of carbonyl (C=O) groups excluding carboxylic acids is 1. The maximum atomic E-state index is 12.3. The molecule has 1 atom stereocenters. The van der Waals surface area contributed by atoms with E-state index in [0.717, 1.165) is 37.2 Å². The average Bonchev–Trinajstić information content (AvgIpc) is 3.38. The molecule has 0 spiro atoms. The molecule has 1 fully saturated rings. The number of aromatic nitrogens is 4. The first-order valence-corrected chi connectivity index (χ1v) is 10.6. The zero-order valence-corrected chi connectivity index (χ0v) is 17.2. The van der Waals surface area contributed by atoms with Gasteiger partial charge in [0.15, 0.2) is 12.1 Å². The molecule has 1 aliphatic heterocycles. The number of hydrogen-bond acceptors (Lipinski definition) is 6. The Morgan fingerprint density at radius 1 is 1.14 bits per heavy atom. The Hall–Kier alpha value is -2.32. The van der Waals surface area contributed by atoms with Crippen molar-refractivity contribution >= 4 is 11.6 Å². The topological polar surface area (TPSA) is 93.2 Å². The third-order valence-electron chi connectivity index (χ3n) is 5.08. The van der Waals surface area contributed by atoms with Gasteiger partial charge in [0.25, 0.3) is 5.91 Å². The predicted octanol–water partition coefficient (Wildman–Crippen LogP) is 3.05. The molecule has 1 aromatic heterocycles. The number of nitrogens with zero attached hydrogens (tertiary/aromatic N) is 4. The van der Waals surface area contributed by atoms with Gasteiger partial charge in [0.2, 0.25) is 0 Å². The van der Waals surface area contributed by atoms with Crippen LogP contribution in [0, 0.1) is 0 Å². The summed E-state index contributed by atoms with van der Waals surface area (Å²) in [5.74, 6) is 0.695. The summed E-state index contributed by atoms with van der Waals surface area (Å²) < 4.78 is 11.4. The molecule has 1 N–H and O–H groups in total. The highest BCUT2D eigenvalue weighted by atomic mass is 16.6. The van der Waals surface area contributed by atoms with Crippen molar-refractivity contribution in [3.05, 3.63) is 35.7 Å². The summed E-state index contributed by atoms with van der Waals surface area (Å²) in [6, 6.07) is 8.25. The molecule has 0 bridgehead atoms. The van der Waals surface area contributed by atoms with Gasteiger partial charge in [-0.15, -0.1) is 10.2 Å². The van der Waals surface area contributed by atoms with E-state index in [1.807, 2.05) is 12.1 Å². The molecule has 1 unspecified atom stereocenters. The van der Waals surface area contributed by atoms with Crippen LogP contribution in [0.2, 0.25) is 0 Å². The van der Waals surface area contributed by atoms with Gasteiger partial charge in [-0.05, 0) is 43.4 Å². The number of anilines is 1. The van der Waals surface area contributed by atoms with Crippen molar-refractivity contribution < 1.29 is 14.3 Å². The van der Waals surface area contributed by atoms with E-state index >= 15 is 0 Å². The summed E-state index contributed by atoms with van der Waals surface area (Å²) >= 11 is 0. The number of carbonyl (C=O) groups is 1. The molecule has 3 rings (SSSR count). The summed E-state index contributed by atoms with van der Waals surface area (Å²) in [5, 5.41) is 13.8. The van der Waals surface area contributed by atoms with E-state index in [1.165, 1.54) is 31.2 Å². The Morgan fingerprint density at radius 3 is 2.72 bits per heavy atom. The van der Waals surface area contributed by atoms with Crippen molar-refractivity contribution in [2.75, 3.05) is 24.7 Å². The van der Waals surface area contributed by atoms with Crippen LogP contribution in [-0.2, 0) is 27.1 Å². The molecule has 2 heterocycles. The maximum Gasteiger partial charge on any atom is 0.255 e. The van der Waals surface area contributed by atoms with E-state index < -0.39 is 0 Å². The van der Waals surface area contributed by atoms with Gasteiger partial charge in [-0.3, -0.25) is 9.69 Å². The fourth-order valence-electron chi connectivity index (χ4n) is 3.44. The molecule has 0 radical (unpaired) electrons. The zero-order valence-electron chi connectivity index (χ0n) is 17.2. The van der Waals surface area contributed by atoms with Gasteiger partial charge in [-0.2, -0.15) is 5.21 Å². The van der Waals surface area contributed by atoms with Crippen LogP contribution in [-0.4, -0.2) is 52.6 Å². The number of H-pyrrole nitrogens is 1. The first kappa shape index (κ1) is 21.4. The Balaban J connectivity index is 1.41. The number of hydrogen-bond donors (Lipinski definition) is 1. The summed E-state index contributed by atoms with van der Waals surface area (Å²) in [7, 11) is 0. The van der Waals surface area contributed by atoms with Crippen LogP contribution in [0.25, 0.3) is 0 Å². The number of ether oxygens (including phenoxy) is 2. The number of nitrogens with one attached hydrogen (secondary N) is 1. The highest BCUT2D eigenvalue weighted by molar-refractivity contribution is 5.96. The van der Waals surface area contributed by atoms with E-state index in [2.05, 4.69) is 39.7 Å². The smallest absolute Gasteiger partial charge is 0.255 e. The van der Waals surface area contributed by atoms with E-state index in [4.69, 9.17) is 9.47 Å². The lowest BCUT2D eigenvalue weighted by molar-refractivity contribution is -0.117. The number of aromatic amines is 1. The van der Waals surface area contributed by atoms with Gasteiger partial charge < -0.3 is 9.47 Å². The number of unbranched alkanes of at least 4 members (excludes halogenated alkanes) is 4. The number of benzene rings is 1. The van der Waals surface area contributed by atoms with Crippen LogP contribution in [0.15, 0.2) is 24.3 Å². The molecular formula is C21H31N5O3. The van der Waals surface area contributed by atoms with Gasteiger partial charge in [0.1, 0.15) is 6.61 Å². The fraction of sp³-hybridized carbons (Fsp3) is 0.619. The van der Waals surface area contributed by atoms with E-state index in [0.29, 0.717) is 13.2 Å². The minimum absolute atomic E-state index is 0.0218. The lowest BCUT2D eigenvalue weighted by atomic mass is 10.1. The van der Waals surface area contributed by atoms with Crippen molar-refractivity contribution in [1.29, 1.82) is 0 Å². The molecule has 29 heavy (non-hydrogen) atoms. The van der Waals surface area contributed by atoms with E-state index in [-0.39, 0.29) is 18.7 Å². The quantitative estimate of drug-likeness (QED) is 0.519. The van der Waals surface area contributed by atoms with Gasteiger partial charge in [-0.1, -0.05) is 43.5 Å². The third kappa shape index (κ3) is 6.61. The third-order valence-corrected chi connectivity index (χ3v) is 5.08. The second-order valence-electron chi connectivity index (χ2n) is 7.37. The van der Waals surface area contributed by atoms with Gasteiger partial charge in [0.05, 0.1) is 6.61 Å². The lowest BCUT2D eigenvalue weighted by Crippen LogP contribution is -2.37. The van der Waals surface area contributed by atoms with Crippen LogP contribution < -0.4 is 4.90 Å². The van der Waals surface area contributed by atoms with Crippen LogP contribution in [0.5, 0.6) is 0 Å². The Kier molecular flexibility index (Phi) is 8.58. The minimum atomic E-state index is -0.366. The maximum absolute atomic E-state index is 12.3. The first-order chi connectivity index (χ1) is 14.3. The summed E-state index contributed by atoms with van der Waals surface area (Å²) in [6.45, 7) is 3.30. The molecule has 0 saturated carbocycles. The fourth-order valence-corrected chi connectivity index (χ4v) is 3.44. The largest absolute Gasteiger partial charge is 0.377 e. The van der Waals surface area contributed by atoms with E-state index in [9.17, 15) is 4.79 Å². The molecule has 158 valence electrons. The lowest BCUT2D eigenvalue weighted by Gasteiger charge is -2.23. The average molecular weight is 402 g/mol. The minimum Gasteiger partial charge on any atom is -0.377 e. The number of amides is 1. The Morgan fingerprint density at radius 2 is 1.97 bits per heavy atom. The van der Waals surface area contributed by atoms with Crippen molar-refractivity contribution in [2.24, 2.45) is 0 Å². The zero-order chi connectivity index (χ0) is 20.3. The molecule has 1 amide bonds.